The maximum Gasteiger partial charge on any atom is 0.240 e. The van der Waals surface area contributed by atoms with E-state index in [1.165, 1.54) is 34.4 Å². The van der Waals surface area contributed by atoms with E-state index in [4.69, 9.17) is 4.74 Å². The van der Waals surface area contributed by atoms with Crippen LogP contribution in [-0.4, -0.2) is 59.8 Å². The summed E-state index contributed by atoms with van der Waals surface area (Å²) in [5.41, 5.74) is 6.29. The summed E-state index contributed by atoms with van der Waals surface area (Å²) in [6.07, 6.45) is 5.39. The Labute approximate surface area is 191 Å². The quantitative estimate of drug-likeness (QED) is 0.726. The molecule has 1 aliphatic carbocycles. The predicted molar refractivity (Wildman–Crippen MR) is 127 cm³/mol. The van der Waals surface area contributed by atoms with Gasteiger partial charge in [0.1, 0.15) is 0 Å². The number of anilines is 1. The van der Waals surface area contributed by atoms with Gasteiger partial charge in [-0.3, -0.25) is 4.90 Å². The highest BCUT2D eigenvalue weighted by molar-refractivity contribution is 7.89. The van der Waals surface area contributed by atoms with E-state index < -0.39 is 10.0 Å². The number of nitrogens with zero attached hydrogens (tertiary/aromatic N) is 2. The predicted octanol–water partition coefficient (Wildman–Crippen LogP) is 2.91. The number of rotatable bonds is 6. The van der Waals surface area contributed by atoms with E-state index >= 15 is 0 Å². The minimum Gasteiger partial charge on any atom is -0.379 e. The molecule has 0 amide bonds. The number of morpholine rings is 1. The molecule has 5 rings (SSSR count). The summed E-state index contributed by atoms with van der Waals surface area (Å²) in [5.74, 6) is 0. The van der Waals surface area contributed by atoms with Crippen LogP contribution in [0.15, 0.2) is 41.3 Å². The highest BCUT2D eigenvalue weighted by Crippen LogP contribution is 2.32. The van der Waals surface area contributed by atoms with Crippen LogP contribution in [0.1, 0.15) is 41.1 Å². The molecule has 0 bridgehead atoms. The molecule has 2 aromatic carbocycles. The third-order valence-corrected chi connectivity index (χ3v) is 8.62. The summed E-state index contributed by atoms with van der Waals surface area (Å²) in [4.78, 5) is 5.01. The second-order valence-corrected chi connectivity index (χ2v) is 11.0. The maximum atomic E-state index is 13.2. The third-order valence-electron chi connectivity index (χ3n) is 7.20. The molecular weight excluding hydrogens is 422 g/mol. The average molecular weight is 456 g/mol. The molecule has 2 aliphatic heterocycles. The van der Waals surface area contributed by atoms with Crippen LogP contribution in [-0.2, 0) is 34.0 Å². The van der Waals surface area contributed by atoms with Crippen molar-refractivity contribution in [2.24, 2.45) is 0 Å². The molecule has 0 spiro atoms. The van der Waals surface area contributed by atoms with E-state index in [-0.39, 0.29) is 6.04 Å². The van der Waals surface area contributed by atoms with Gasteiger partial charge in [0.05, 0.1) is 18.1 Å². The van der Waals surface area contributed by atoms with Gasteiger partial charge in [-0.25, -0.2) is 13.1 Å². The second-order valence-electron chi connectivity index (χ2n) is 9.21. The number of sulfonamides is 1. The van der Waals surface area contributed by atoms with Crippen LogP contribution in [0.25, 0.3) is 0 Å². The monoisotopic (exact) mass is 455 g/mol. The summed E-state index contributed by atoms with van der Waals surface area (Å²) in [6.45, 7) is 4.37. The number of ether oxygens (including phenoxy) is 1. The maximum absolute atomic E-state index is 13.2. The van der Waals surface area contributed by atoms with Crippen molar-refractivity contribution in [1.29, 1.82) is 0 Å². The Morgan fingerprint density at radius 1 is 0.938 bits per heavy atom. The number of hydrogen-bond acceptors (Lipinski definition) is 5. The lowest BCUT2D eigenvalue weighted by atomic mass is 9.92. The number of nitrogens with one attached hydrogen (secondary N) is 1. The zero-order chi connectivity index (χ0) is 22.1. The molecule has 0 aromatic heterocycles. The van der Waals surface area contributed by atoms with Crippen LogP contribution in [0.4, 0.5) is 5.69 Å². The van der Waals surface area contributed by atoms with Crippen molar-refractivity contribution in [3.8, 4) is 0 Å². The van der Waals surface area contributed by atoms with Gasteiger partial charge in [0, 0.05) is 45.0 Å². The van der Waals surface area contributed by atoms with Crippen molar-refractivity contribution >= 4 is 15.7 Å². The molecule has 1 saturated heterocycles. The molecule has 172 valence electrons. The van der Waals surface area contributed by atoms with E-state index in [0.717, 1.165) is 45.3 Å². The van der Waals surface area contributed by atoms with Crippen molar-refractivity contribution in [2.75, 3.05) is 51.3 Å². The van der Waals surface area contributed by atoms with Gasteiger partial charge in [-0.1, -0.05) is 18.2 Å². The lowest BCUT2D eigenvalue weighted by Crippen LogP contribution is -2.43. The molecule has 1 N–H and O–H groups in total. The molecule has 0 radical (unpaired) electrons. The van der Waals surface area contributed by atoms with Gasteiger partial charge in [0.2, 0.25) is 10.0 Å². The SMILES string of the molecule is CN1CCc2cc([C@@H](CNS(=O)(=O)c3ccc4c(c3)CCCC4)N3CCOCC3)ccc21. The summed E-state index contributed by atoms with van der Waals surface area (Å²) < 4.78 is 34.9. The Balaban J connectivity index is 1.38. The van der Waals surface area contributed by atoms with Crippen molar-refractivity contribution in [1.82, 2.24) is 9.62 Å². The van der Waals surface area contributed by atoms with E-state index in [1.54, 1.807) is 6.07 Å². The van der Waals surface area contributed by atoms with Crippen LogP contribution in [0.3, 0.4) is 0 Å². The van der Waals surface area contributed by atoms with Gasteiger partial charge >= 0.3 is 0 Å². The Morgan fingerprint density at radius 2 is 1.72 bits per heavy atom. The van der Waals surface area contributed by atoms with Gasteiger partial charge in [-0.2, -0.15) is 0 Å². The minimum atomic E-state index is -3.57. The normalized spacial score (nSPS) is 20.1. The summed E-state index contributed by atoms with van der Waals surface area (Å²) in [5, 5.41) is 0. The Hall–Kier alpha value is -1.93. The molecule has 2 aromatic rings. The number of benzene rings is 2. The Morgan fingerprint density at radius 3 is 2.53 bits per heavy atom. The zero-order valence-electron chi connectivity index (χ0n) is 18.8. The van der Waals surface area contributed by atoms with E-state index in [2.05, 4.69) is 39.8 Å². The molecule has 0 unspecified atom stereocenters. The summed E-state index contributed by atoms with van der Waals surface area (Å²) in [7, 11) is -1.45. The van der Waals surface area contributed by atoms with Gasteiger partial charge in [-0.15, -0.1) is 0 Å². The molecule has 1 fully saturated rings. The average Bonchev–Trinajstić information content (AvgIpc) is 3.19. The molecule has 32 heavy (non-hydrogen) atoms. The molecule has 7 heteroatoms. The van der Waals surface area contributed by atoms with E-state index in [0.29, 0.717) is 24.7 Å². The van der Waals surface area contributed by atoms with Crippen molar-refractivity contribution in [3.63, 3.8) is 0 Å². The highest BCUT2D eigenvalue weighted by atomic mass is 32.2. The Kier molecular flexibility index (Phi) is 6.25. The molecule has 2 heterocycles. The van der Waals surface area contributed by atoms with Gasteiger partial charge < -0.3 is 9.64 Å². The van der Waals surface area contributed by atoms with Crippen LogP contribution in [0.5, 0.6) is 0 Å². The van der Waals surface area contributed by atoms with E-state index in [1.807, 2.05) is 12.1 Å². The number of aryl methyl sites for hydroxylation is 2. The third kappa shape index (κ3) is 4.44. The van der Waals surface area contributed by atoms with Gasteiger partial charge in [0.25, 0.3) is 0 Å². The van der Waals surface area contributed by atoms with Gasteiger partial charge in [0.15, 0.2) is 0 Å². The number of likely N-dealkylation sites (N-methyl/N-ethyl adjacent to an activating group) is 1. The first-order valence-electron chi connectivity index (χ1n) is 11.8. The van der Waals surface area contributed by atoms with Crippen molar-refractivity contribution < 1.29 is 13.2 Å². The number of hydrogen-bond donors (Lipinski definition) is 1. The molecular formula is C25H33N3O3S. The lowest BCUT2D eigenvalue weighted by molar-refractivity contribution is 0.0172. The first kappa shape index (κ1) is 21.9. The fourth-order valence-corrected chi connectivity index (χ4v) is 6.38. The van der Waals surface area contributed by atoms with Gasteiger partial charge in [-0.05, 0) is 72.6 Å². The number of fused-ring (bicyclic) bond motifs is 2. The van der Waals surface area contributed by atoms with Crippen LogP contribution >= 0.6 is 0 Å². The van der Waals surface area contributed by atoms with Crippen molar-refractivity contribution in [3.05, 3.63) is 58.7 Å². The fraction of sp³-hybridized carbons (Fsp3) is 0.520. The minimum absolute atomic E-state index is 0.0116. The zero-order valence-corrected chi connectivity index (χ0v) is 19.7. The van der Waals surface area contributed by atoms with Crippen LogP contribution in [0.2, 0.25) is 0 Å². The lowest BCUT2D eigenvalue weighted by Gasteiger charge is -2.35. The largest absolute Gasteiger partial charge is 0.379 e. The van der Waals surface area contributed by atoms with E-state index in [9.17, 15) is 8.42 Å². The molecule has 3 aliphatic rings. The summed E-state index contributed by atoms with van der Waals surface area (Å²) >= 11 is 0. The summed E-state index contributed by atoms with van der Waals surface area (Å²) in [6, 6.07) is 12.2. The smallest absolute Gasteiger partial charge is 0.240 e. The molecule has 1 atom stereocenters. The fourth-order valence-electron chi connectivity index (χ4n) is 5.29. The Bertz CT molecular complexity index is 1080. The van der Waals surface area contributed by atoms with Crippen molar-refractivity contribution in [2.45, 2.75) is 43.0 Å². The molecule has 6 nitrogen and oxygen atoms in total. The standard InChI is InChI=1S/C25H33N3O3S/c1-27-11-10-22-16-21(7-9-24(22)27)25(28-12-14-31-15-13-28)18-26-32(29,30)23-8-6-19-4-2-3-5-20(19)17-23/h6-9,16-17,25-26H,2-5,10-15,18H2,1H3/t25-/m1/s1. The molecule has 0 saturated carbocycles. The first-order valence-corrected chi connectivity index (χ1v) is 13.3. The first-order chi connectivity index (χ1) is 15.5. The second kappa shape index (κ2) is 9.14. The van der Waals surface area contributed by atoms with Crippen LogP contribution < -0.4 is 9.62 Å². The van der Waals surface area contributed by atoms with Crippen LogP contribution in [0, 0.1) is 0 Å². The highest BCUT2D eigenvalue weighted by Gasteiger charge is 2.27. The topological polar surface area (TPSA) is 61.9 Å².